The SMILES string of the molecule is Cc1cnc(NCCCC2CCCC2)c([N+](=O)[O-])c1. The Bertz CT molecular complexity index is 442. The molecule has 5 nitrogen and oxygen atoms in total. The van der Waals surface area contributed by atoms with Gasteiger partial charge in [-0.25, -0.2) is 4.98 Å². The molecule has 1 aliphatic carbocycles. The first-order valence-corrected chi connectivity index (χ1v) is 7.01. The predicted molar refractivity (Wildman–Crippen MR) is 75.3 cm³/mol. The number of aromatic nitrogens is 1. The van der Waals surface area contributed by atoms with E-state index in [0.29, 0.717) is 5.82 Å². The summed E-state index contributed by atoms with van der Waals surface area (Å²) in [5.74, 6) is 1.25. The van der Waals surface area contributed by atoms with Gasteiger partial charge in [0.05, 0.1) is 4.92 Å². The molecule has 0 spiro atoms. The lowest BCUT2D eigenvalue weighted by atomic mass is 10.0. The van der Waals surface area contributed by atoms with Crippen LogP contribution in [0.5, 0.6) is 0 Å². The molecule has 104 valence electrons. The zero-order chi connectivity index (χ0) is 13.7. The molecule has 0 amide bonds. The topological polar surface area (TPSA) is 68.1 Å². The van der Waals surface area contributed by atoms with E-state index in [0.717, 1.165) is 24.4 Å². The van der Waals surface area contributed by atoms with Crippen LogP contribution in [0, 0.1) is 23.0 Å². The molecule has 1 saturated carbocycles. The van der Waals surface area contributed by atoms with Gasteiger partial charge in [0.1, 0.15) is 0 Å². The van der Waals surface area contributed by atoms with Gasteiger partial charge in [-0.15, -0.1) is 0 Å². The monoisotopic (exact) mass is 263 g/mol. The molecular weight excluding hydrogens is 242 g/mol. The van der Waals surface area contributed by atoms with Gasteiger partial charge in [0.2, 0.25) is 5.82 Å². The summed E-state index contributed by atoms with van der Waals surface area (Å²) in [6, 6.07) is 1.56. The van der Waals surface area contributed by atoms with Crippen LogP contribution in [-0.4, -0.2) is 16.5 Å². The minimum absolute atomic E-state index is 0.0702. The van der Waals surface area contributed by atoms with Crippen molar-refractivity contribution in [3.05, 3.63) is 27.9 Å². The van der Waals surface area contributed by atoms with Crippen molar-refractivity contribution in [2.24, 2.45) is 5.92 Å². The van der Waals surface area contributed by atoms with Crippen LogP contribution in [0.4, 0.5) is 11.5 Å². The fourth-order valence-electron chi connectivity index (χ4n) is 2.73. The summed E-state index contributed by atoms with van der Waals surface area (Å²) in [4.78, 5) is 14.7. The molecular formula is C14H21N3O2. The average Bonchev–Trinajstić information content (AvgIpc) is 2.89. The summed E-state index contributed by atoms with van der Waals surface area (Å²) in [5, 5.41) is 14.0. The van der Waals surface area contributed by atoms with E-state index in [9.17, 15) is 10.1 Å². The number of hydrogen-bond acceptors (Lipinski definition) is 4. The van der Waals surface area contributed by atoms with Crippen molar-refractivity contribution in [2.45, 2.75) is 45.4 Å². The second-order valence-corrected chi connectivity index (χ2v) is 5.36. The standard InChI is InChI=1S/C14H21N3O2/c1-11-9-13(17(18)19)14(16-10-11)15-8-4-7-12-5-2-3-6-12/h9-10,12H,2-8H2,1H3,(H,15,16). The third-order valence-electron chi connectivity index (χ3n) is 3.76. The number of nitrogens with one attached hydrogen (secondary N) is 1. The van der Waals surface area contributed by atoms with Crippen LogP contribution in [0.2, 0.25) is 0 Å². The van der Waals surface area contributed by atoms with Crippen molar-refractivity contribution in [3.63, 3.8) is 0 Å². The van der Waals surface area contributed by atoms with Crippen molar-refractivity contribution in [1.29, 1.82) is 0 Å². The molecule has 0 atom stereocenters. The highest BCUT2D eigenvalue weighted by atomic mass is 16.6. The second-order valence-electron chi connectivity index (χ2n) is 5.36. The number of nitrogens with zero attached hydrogens (tertiary/aromatic N) is 2. The third kappa shape index (κ3) is 3.91. The highest BCUT2D eigenvalue weighted by Gasteiger charge is 2.16. The molecule has 0 radical (unpaired) electrons. The maximum Gasteiger partial charge on any atom is 0.311 e. The van der Waals surface area contributed by atoms with Gasteiger partial charge in [-0.05, 0) is 31.2 Å². The Morgan fingerprint density at radius 2 is 2.21 bits per heavy atom. The summed E-state index contributed by atoms with van der Waals surface area (Å²) in [6.45, 7) is 2.57. The second kappa shape index (κ2) is 6.50. The largest absolute Gasteiger partial charge is 0.364 e. The number of pyridine rings is 1. The number of aryl methyl sites for hydroxylation is 1. The Balaban J connectivity index is 1.83. The molecule has 0 aliphatic heterocycles. The Morgan fingerprint density at radius 1 is 1.47 bits per heavy atom. The Morgan fingerprint density at radius 3 is 2.89 bits per heavy atom. The van der Waals surface area contributed by atoms with Crippen molar-refractivity contribution < 1.29 is 4.92 Å². The predicted octanol–water partition coefficient (Wildman–Crippen LogP) is 3.68. The maximum absolute atomic E-state index is 10.9. The van der Waals surface area contributed by atoms with Crippen molar-refractivity contribution in [3.8, 4) is 0 Å². The third-order valence-corrected chi connectivity index (χ3v) is 3.76. The molecule has 1 heterocycles. The average molecular weight is 263 g/mol. The van der Waals surface area contributed by atoms with E-state index in [-0.39, 0.29) is 10.6 Å². The number of rotatable bonds is 6. The number of anilines is 1. The van der Waals surface area contributed by atoms with Crippen LogP contribution in [0.25, 0.3) is 0 Å². The van der Waals surface area contributed by atoms with Gasteiger partial charge < -0.3 is 5.32 Å². The lowest BCUT2D eigenvalue weighted by molar-refractivity contribution is -0.384. The smallest absolute Gasteiger partial charge is 0.311 e. The summed E-state index contributed by atoms with van der Waals surface area (Å²) < 4.78 is 0. The summed E-state index contributed by atoms with van der Waals surface area (Å²) in [5.41, 5.74) is 0.879. The van der Waals surface area contributed by atoms with Crippen LogP contribution in [0.15, 0.2) is 12.3 Å². The van der Waals surface area contributed by atoms with Gasteiger partial charge in [0.15, 0.2) is 0 Å². The van der Waals surface area contributed by atoms with Crippen LogP contribution < -0.4 is 5.32 Å². The molecule has 1 aromatic rings. The molecule has 0 saturated heterocycles. The van der Waals surface area contributed by atoms with E-state index in [1.54, 1.807) is 12.3 Å². The fraction of sp³-hybridized carbons (Fsp3) is 0.643. The van der Waals surface area contributed by atoms with E-state index in [4.69, 9.17) is 0 Å². The Kier molecular flexibility index (Phi) is 4.71. The zero-order valence-electron chi connectivity index (χ0n) is 11.4. The summed E-state index contributed by atoms with van der Waals surface area (Å²) in [7, 11) is 0. The Hall–Kier alpha value is -1.65. The van der Waals surface area contributed by atoms with Gasteiger partial charge in [0, 0.05) is 18.8 Å². The minimum atomic E-state index is -0.376. The molecule has 2 rings (SSSR count). The van der Waals surface area contributed by atoms with E-state index in [2.05, 4.69) is 10.3 Å². The van der Waals surface area contributed by atoms with Crippen LogP contribution >= 0.6 is 0 Å². The molecule has 19 heavy (non-hydrogen) atoms. The van der Waals surface area contributed by atoms with Gasteiger partial charge >= 0.3 is 5.69 Å². The lowest BCUT2D eigenvalue weighted by Gasteiger charge is -2.10. The van der Waals surface area contributed by atoms with Crippen LogP contribution in [-0.2, 0) is 0 Å². The summed E-state index contributed by atoms with van der Waals surface area (Å²) >= 11 is 0. The molecule has 1 aliphatic rings. The first-order valence-electron chi connectivity index (χ1n) is 7.01. The molecule has 0 unspecified atom stereocenters. The minimum Gasteiger partial charge on any atom is -0.364 e. The van der Waals surface area contributed by atoms with Gasteiger partial charge in [-0.1, -0.05) is 25.7 Å². The number of hydrogen-bond donors (Lipinski definition) is 1. The normalized spacial score (nSPS) is 15.6. The van der Waals surface area contributed by atoms with Gasteiger partial charge in [-0.2, -0.15) is 0 Å². The quantitative estimate of drug-likeness (QED) is 0.483. The molecule has 1 fully saturated rings. The highest BCUT2D eigenvalue weighted by Crippen LogP contribution is 2.28. The van der Waals surface area contributed by atoms with E-state index in [1.165, 1.54) is 32.1 Å². The summed E-state index contributed by atoms with van der Waals surface area (Å²) in [6.07, 6.45) is 9.36. The van der Waals surface area contributed by atoms with E-state index in [1.807, 2.05) is 6.92 Å². The van der Waals surface area contributed by atoms with E-state index < -0.39 is 0 Å². The first kappa shape index (κ1) is 13.8. The number of nitro groups is 1. The van der Waals surface area contributed by atoms with Crippen molar-refractivity contribution >= 4 is 11.5 Å². The fourth-order valence-corrected chi connectivity index (χ4v) is 2.73. The molecule has 1 N–H and O–H groups in total. The molecule has 1 aromatic heterocycles. The van der Waals surface area contributed by atoms with Crippen LogP contribution in [0.3, 0.4) is 0 Å². The lowest BCUT2D eigenvalue weighted by Crippen LogP contribution is -2.08. The molecule has 0 bridgehead atoms. The van der Waals surface area contributed by atoms with Gasteiger partial charge in [-0.3, -0.25) is 10.1 Å². The highest BCUT2D eigenvalue weighted by molar-refractivity contribution is 5.56. The van der Waals surface area contributed by atoms with E-state index >= 15 is 0 Å². The first-order chi connectivity index (χ1) is 9.16. The zero-order valence-corrected chi connectivity index (χ0v) is 11.4. The van der Waals surface area contributed by atoms with Crippen LogP contribution in [0.1, 0.15) is 44.1 Å². The Labute approximate surface area is 113 Å². The molecule has 0 aromatic carbocycles. The maximum atomic E-state index is 10.9. The van der Waals surface area contributed by atoms with Crippen molar-refractivity contribution in [1.82, 2.24) is 4.98 Å². The van der Waals surface area contributed by atoms with Gasteiger partial charge in [0.25, 0.3) is 0 Å². The van der Waals surface area contributed by atoms with Crippen molar-refractivity contribution in [2.75, 3.05) is 11.9 Å². The molecule has 5 heteroatoms.